The summed E-state index contributed by atoms with van der Waals surface area (Å²) in [5.74, 6) is 0. The molecule has 0 amide bonds. The monoisotopic (exact) mass is 298 g/mol. The van der Waals surface area contributed by atoms with E-state index in [9.17, 15) is 0 Å². The molecule has 23 heavy (non-hydrogen) atoms. The third-order valence-electron chi connectivity index (χ3n) is 4.09. The normalized spacial score (nSPS) is 10.8. The van der Waals surface area contributed by atoms with Crippen molar-refractivity contribution in [2.45, 2.75) is 0 Å². The number of benzene rings is 2. The lowest BCUT2D eigenvalue weighted by Crippen LogP contribution is -1.98. The molecule has 2 aromatic heterocycles. The smallest absolute Gasteiger partial charge is 0.0638 e. The molecule has 2 aromatic carbocycles. The first-order valence-corrected chi connectivity index (χ1v) is 7.78. The van der Waals surface area contributed by atoms with E-state index >= 15 is 0 Å². The van der Waals surface area contributed by atoms with Crippen LogP contribution < -0.4 is 0 Å². The molecule has 0 aliphatic heterocycles. The molecule has 0 aliphatic carbocycles. The third-order valence-corrected chi connectivity index (χ3v) is 4.09. The molecule has 0 saturated carbocycles. The molecule has 0 unspecified atom stereocenters. The topological polar surface area (TPSA) is 9.86 Å². The van der Waals surface area contributed by atoms with Crippen LogP contribution in [0.3, 0.4) is 0 Å². The highest BCUT2D eigenvalue weighted by Gasteiger charge is 2.13. The van der Waals surface area contributed by atoms with E-state index in [-0.39, 0.29) is 0 Å². The number of aromatic nitrogens is 2. The number of hydrogen-bond donors (Lipinski definition) is 0. The summed E-state index contributed by atoms with van der Waals surface area (Å²) in [7, 11) is 2.05. The molecule has 4 aromatic rings. The lowest BCUT2D eigenvalue weighted by Gasteiger charge is -2.12. The first-order valence-electron chi connectivity index (χ1n) is 7.78. The Hall–Kier alpha value is -3.00. The molecule has 4 rings (SSSR count). The largest absolute Gasteiger partial charge is 0.355 e. The predicted octanol–water partition coefficient (Wildman–Crippen LogP) is 5.15. The highest BCUT2D eigenvalue weighted by atomic mass is 15.0. The lowest BCUT2D eigenvalue weighted by molar-refractivity contribution is 0.920. The van der Waals surface area contributed by atoms with Gasteiger partial charge in [0.05, 0.1) is 17.1 Å². The molecule has 2 nitrogen and oxygen atoms in total. The number of hydrogen-bond acceptors (Lipinski definition) is 0. The maximum atomic E-state index is 2.32. The molecule has 0 radical (unpaired) electrons. The van der Waals surface area contributed by atoms with Crippen molar-refractivity contribution in [3.8, 4) is 28.2 Å². The average Bonchev–Trinajstić information content (AvgIpc) is 3.22. The van der Waals surface area contributed by atoms with E-state index in [0.29, 0.717) is 0 Å². The van der Waals surface area contributed by atoms with Gasteiger partial charge in [-0.25, -0.2) is 0 Å². The third kappa shape index (κ3) is 2.49. The van der Waals surface area contributed by atoms with Gasteiger partial charge in [0.2, 0.25) is 0 Å². The maximum Gasteiger partial charge on any atom is 0.0638 e. The van der Waals surface area contributed by atoms with Gasteiger partial charge in [0.15, 0.2) is 0 Å². The van der Waals surface area contributed by atoms with Gasteiger partial charge in [-0.05, 0) is 29.3 Å². The fraction of sp³-hybridized carbons (Fsp3) is 0.0476. The van der Waals surface area contributed by atoms with Gasteiger partial charge in [-0.1, -0.05) is 60.7 Å². The van der Waals surface area contributed by atoms with Gasteiger partial charge in [0, 0.05) is 19.4 Å². The van der Waals surface area contributed by atoms with Crippen LogP contribution in [0.2, 0.25) is 0 Å². The van der Waals surface area contributed by atoms with Crippen LogP contribution in [0.5, 0.6) is 0 Å². The van der Waals surface area contributed by atoms with Crippen LogP contribution in [-0.4, -0.2) is 9.13 Å². The van der Waals surface area contributed by atoms with Crippen molar-refractivity contribution in [1.29, 1.82) is 0 Å². The van der Waals surface area contributed by atoms with Crippen LogP contribution in [-0.2, 0) is 7.05 Å². The molecule has 2 heterocycles. The molecule has 0 fully saturated rings. The minimum atomic E-state index is 1.18. The number of aryl methyl sites for hydroxylation is 1. The Bertz CT molecular complexity index is 858. The van der Waals surface area contributed by atoms with Gasteiger partial charge in [-0.2, -0.15) is 0 Å². The van der Waals surface area contributed by atoms with Gasteiger partial charge in [-0.3, -0.25) is 0 Å². The lowest BCUT2D eigenvalue weighted by atomic mass is 10.1. The van der Waals surface area contributed by atoms with Crippen molar-refractivity contribution in [3.63, 3.8) is 0 Å². The van der Waals surface area contributed by atoms with Gasteiger partial charge in [0.1, 0.15) is 0 Å². The fourth-order valence-electron chi connectivity index (χ4n) is 3.00. The second kappa shape index (κ2) is 5.65. The highest BCUT2D eigenvalue weighted by molar-refractivity contribution is 5.73. The van der Waals surface area contributed by atoms with Crippen molar-refractivity contribution < 1.29 is 0 Å². The molecule has 0 spiro atoms. The summed E-state index contributed by atoms with van der Waals surface area (Å²) < 4.78 is 4.41. The van der Waals surface area contributed by atoms with Crippen LogP contribution in [0.25, 0.3) is 28.2 Å². The zero-order valence-corrected chi connectivity index (χ0v) is 13.1. The summed E-state index contributed by atoms with van der Waals surface area (Å²) in [4.78, 5) is 0. The van der Waals surface area contributed by atoms with Gasteiger partial charge >= 0.3 is 0 Å². The van der Waals surface area contributed by atoms with E-state index in [1.165, 1.54) is 28.2 Å². The second-order valence-electron chi connectivity index (χ2n) is 5.71. The molecule has 0 bridgehead atoms. The molecular formula is C21H18N2. The van der Waals surface area contributed by atoms with E-state index < -0.39 is 0 Å². The van der Waals surface area contributed by atoms with E-state index in [1.807, 2.05) is 0 Å². The molecular weight excluding hydrogens is 280 g/mol. The summed E-state index contributed by atoms with van der Waals surface area (Å²) in [6, 6.07) is 27.6. The van der Waals surface area contributed by atoms with E-state index in [4.69, 9.17) is 0 Å². The molecule has 2 heteroatoms. The SMILES string of the molecule is Cn1ccc(-n2c(-c3ccccc3)ccc2-c2ccccc2)c1. The summed E-state index contributed by atoms with van der Waals surface area (Å²) in [6.07, 6.45) is 4.23. The second-order valence-corrected chi connectivity index (χ2v) is 5.71. The van der Waals surface area contributed by atoms with Gasteiger partial charge < -0.3 is 9.13 Å². The maximum absolute atomic E-state index is 2.32. The summed E-state index contributed by atoms with van der Waals surface area (Å²) in [6.45, 7) is 0. The van der Waals surface area contributed by atoms with Crippen LogP contribution in [0.4, 0.5) is 0 Å². The van der Waals surface area contributed by atoms with Crippen molar-refractivity contribution in [1.82, 2.24) is 9.13 Å². The quantitative estimate of drug-likeness (QED) is 0.495. The van der Waals surface area contributed by atoms with Gasteiger partial charge in [-0.15, -0.1) is 0 Å². The highest BCUT2D eigenvalue weighted by Crippen LogP contribution is 2.32. The van der Waals surface area contributed by atoms with E-state index in [0.717, 1.165) is 0 Å². The Morgan fingerprint density at radius 3 is 1.57 bits per heavy atom. The Morgan fingerprint density at radius 2 is 1.13 bits per heavy atom. The zero-order chi connectivity index (χ0) is 15.6. The van der Waals surface area contributed by atoms with Crippen molar-refractivity contribution in [2.75, 3.05) is 0 Å². The minimum Gasteiger partial charge on any atom is -0.355 e. The summed E-state index contributed by atoms with van der Waals surface area (Å²) in [5, 5.41) is 0. The molecule has 0 saturated heterocycles. The molecule has 0 aliphatic rings. The van der Waals surface area contributed by atoms with Gasteiger partial charge in [0.25, 0.3) is 0 Å². The number of nitrogens with zero attached hydrogens (tertiary/aromatic N) is 2. The number of rotatable bonds is 3. The predicted molar refractivity (Wildman–Crippen MR) is 95.6 cm³/mol. The first kappa shape index (κ1) is 13.6. The Balaban J connectivity index is 1.97. The van der Waals surface area contributed by atoms with Crippen LogP contribution in [0, 0.1) is 0 Å². The Morgan fingerprint density at radius 1 is 0.609 bits per heavy atom. The Labute approximate surface area is 136 Å². The van der Waals surface area contributed by atoms with Crippen LogP contribution in [0.15, 0.2) is 91.3 Å². The van der Waals surface area contributed by atoms with E-state index in [2.05, 4.69) is 107 Å². The molecule has 0 N–H and O–H groups in total. The van der Waals surface area contributed by atoms with Crippen molar-refractivity contribution in [2.24, 2.45) is 7.05 Å². The summed E-state index contributed by atoms with van der Waals surface area (Å²) in [5.41, 5.74) is 6.03. The average molecular weight is 298 g/mol. The van der Waals surface area contributed by atoms with E-state index in [1.54, 1.807) is 0 Å². The van der Waals surface area contributed by atoms with Crippen molar-refractivity contribution >= 4 is 0 Å². The molecule has 0 atom stereocenters. The molecule has 112 valence electrons. The zero-order valence-electron chi connectivity index (χ0n) is 13.1. The standard InChI is InChI=1S/C21H18N2/c1-22-15-14-19(16-22)23-20(17-8-4-2-5-9-17)12-13-21(23)18-10-6-3-7-11-18/h2-16H,1H3. The van der Waals surface area contributed by atoms with Crippen LogP contribution in [0.1, 0.15) is 0 Å². The van der Waals surface area contributed by atoms with Crippen molar-refractivity contribution in [3.05, 3.63) is 91.3 Å². The van der Waals surface area contributed by atoms with Crippen LogP contribution >= 0.6 is 0 Å². The minimum absolute atomic E-state index is 1.18. The summed E-state index contributed by atoms with van der Waals surface area (Å²) >= 11 is 0. The first-order chi connectivity index (χ1) is 11.3. The Kier molecular flexibility index (Phi) is 3.35. The fourth-order valence-corrected chi connectivity index (χ4v) is 3.00.